The fourth-order valence-corrected chi connectivity index (χ4v) is 2.03. The fourth-order valence-electron chi connectivity index (χ4n) is 1.60. The van der Waals surface area contributed by atoms with Gasteiger partial charge in [-0.15, -0.1) is 0 Å². The molecule has 4 N–H and O–H groups in total. The molecule has 0 aliphatic rings. The summed E-state index contributed by atoms with van der Waals surface area (Å²) in [5.74, 6) is -0.0778. The number of carbonyl (C=O) groups excluding carboxylic acids is 1. The molecule has 23 heavy (non-hydrogen) atoms. The predicted molar refractivity (Wildman–Crippen MR) is 84.9 cm³/mol. The molecule has 1 heterocycles. The van der Waals surface area contributed by atoms with Crippen LogP contribution in [0.25, 0.3) is 0 Å². The van der Waals surface area contributed by atoms with Crippen LogP contribution in [0.3, 0.4) is 0 Å². The number of hydrogen-bond donors (Lipinski definition) is 3. The highest BCUT2D eigenvalue weighted by molar-refractivity contribution is 9.10. The number of nitrogens with one attached hydrogen (secondary N) is 1. The summed E-state index contributed by atoms with van der Waals surface area (Å²) in [7, 11) is 0. The third kappa shape index (κ3) is 4.39. The minimum atomic E-state index is -0.444. The zero-order valence-corrected chi connectivity index (χ0v) is 13.7. The lowest BCUT2D eigenvalue weighted by atomic mass is 10.2. The van der Waals surface area contributed by atoms with Crippen molar-refractivity contribution in [1.82, 2.24) is 25.6 Å². The first-order valence-electron chi connectivity index (χ1n) is 6.50. The molecule has 11 heteroatoms. The molecule has 0 bridgehead atoms. The first-order valence-corrected chi connectivity index (χ1v) is 7.29. The van der Waals surface area contributed by atoms with Crippen LogP contribution >= 0.6 is 15.9 Å². The number of hydrazone groups is 1. The van der Waals surface area contributed by atoms with E-state index in [4.69, 9.17) is 10.5 Å². The number of halogens is 1. The number of nitrogens with two attached hydrogens (primary N) is 1. The number of hydrogen-bond acceptors (Lipinski definition) is 8. The van der Waals surface area contributed by atoms with Gasteiger partial charge in [-0.25, -0.2) is 10.1 Å². The summed E-state index contributed by atoms with van der Waals surface area (Å²) in [6.07, 6.45) is 1.41. The van der Waals surface area contributed by atoms with Crippen molar-refractivity contribution in [2.24, 2.45) is 5.10 Å². The molecule has 1 amide bonds. The molecule has 0 aliphatic heterocycles. The van der Waals surface area contributed by atoms with Gasteiger partial charge in [0.1, 0.15) is 6.54 Å². The molecule has 0 saturated carbocycles. The van der Waals surface area contributed by atoms with E-state index in [1.54, 1.807) is 13.0 Å². The molecule has 122 valence electrons. The quantitative estimate of drug-likeness (QED) is 0.480. The number of amides is 1. The highest BCUT2D eigenvalue weighted by atomic mass is 79.9. The zero-order chi connectivity index (χ0) is 16.8. The van der Waals surface area contributed by atoms with E-state index >= 15 is 0 Å². The summed E-state index contributed by atoms with van der Waals surface area (Å²) in [5.41, 5.74) is 8.40. The van der Waals surface area contributed by atoms with Crippen molar-refractivity contribution in [3.8, 4) is 11.5 Å². The maximum absolute atomic E-state index is 11.7. The van der Waals surface area contributed by atoms with Gasteiger partial charge in [-0.3, -0.25) is 4.79 Å². The second-order valence-electron chi connectivity index (χ2n) is 4.26. The summed E-state index contributed by atoms with van der Waals surface area (Å²) in [6, 6.07) is 3.08. The van der Waals surface area contributed by atoms with Crippen molar-refractivity contribution < 1.29 is 14.6 Å². The van der Waals surface area contributed by atoms with Gasteiger partial charge >= 0.3 is 0 Å². The Morgan fingerprint density at radius 3 is 3.04 bits per heavy atom. The number of carbonyl (C=O) groups is 1. The van der Waals surface area contributed by atoms with E-state index in [-0.39, 0.29) is 18.2 Å². The molecule has 1 aromatic heterocycles. The Labute approximate surface area is 139 Å². The molecule has 10 nitrogen and oxygen atoms in total. The molecule has 2 rings (SSSR count). The van der Waals surface area contributed by atoms with Gasteiger partial charge in [-0.1, -0.05) is 5.10 Å². The summed E-state index contributed by atoms with van der Waals surface area (Å²) in [6.45, 7) is 2.06. The molecule has 0 saturated heterocycles. The topological polar surface area (TPSA) is 141 Å². The van der Waals surface area contributed by atoms with Gasteiger partial charge in [0.25, 0.3) is 5.91 Å². The van der Waals surface area contributed by atoms with Crippen LogP contribution in [0.2, 0.25) is 0 Å². The van der Waals surface area contributed by atoms with E-state index < -0.39 is 5.91 Å². The van der Waals surface area contributed by atoms with Gasteiger partial charge < -0.3 is 15.6 Å². The molecule has 0 aliphatic carbocycles. The lowest BCUT2D eigenvalue weighted by molar-refractivity contribution is -0.121. The summed E-state index contributed by atoms with van der Waals surface area (Å²) >= 11 is 3.29. The van der Waals surface area contributed by atoms with Crippen molar-refractivity contribution in [2.45, 2.75) is 13.5 Å². The molecule has 0 fully saturated rings. The van der Waals surface area contributed by atoms with Crippen molar-refractivity contribution in [2.75, 3.05) is 12.3 Å². The molecule has 0 spiro atoms. The average molecular weight is 384 g/mol. The Kier molecular flexibility index (Phi) is 5.46. The number of ether oxygens (including phenoxy) is 1. The lowest BCUT2D eigenvalue weighted by Crippen LogP contribution is -2.24. The Balaban J connectivity index is 2.01. The first-order chi connectivity index (χ1) is 11.0. The van der Waals surface area contributed by atoms with E-state index in [0.29, 0.717) is 22.4 Å². The molecule has 0 radical (unpaired) electrons. The maximum atomic E-state index is 11.7. The number of phenolic OH excluding ortho intramolecular Hbond substituents is 1. The van der Waals surface area contributed by atoms with Crippen LogP contribution in [0, 0.1) is 0 Å². The third-order valence-electron chi connectivity index (χ3n) is 2.62. The lowest BCUT2D eigenvalue weighted by Gasteiger charge is -2.08. The van der Waals surface area contributed by atoms with Crippen molar-refractivity contribution in [1.29, 1.82) is 0 Å². The molecule has 0 unspecified atom stereocenters. The average Bonchev–Trinajstić information content (AvgIpc) is 2.89. The number of phenols is 1. The summed E-state index contributed by atoms with van der Waals surface area (Å²) in [4.78, 5) is 11.7. The van der Waals surface area contributed by atoms with Gasteiger partial charge in [0.2, 0.25) is 5.95 Å². The maximum Gasteiger partial charge on any atom is 0.261 e. The predicted octanol–water partition coefficient (Wildman–Crippen LogP) is 0.272. The monoisotopic (exact) mass is 383 g/mol. The molecule has 2 aromatic rings. The number of aromatic hydroxyl groups is 1. The standard InChI is InChI=1S/C12H14BrN7O3/c1-2-23-10-3-7(8(13)4-9(10)21)5-15-16-11(22)6-20-12(14)17-18-19-20/h3-5,21H,2,6H2,1H3,(H,16,22)(H2,14,17,19)/b15-5-. The SMILES string of the molecule is CCOc1cc(/C=N\NC(=O)Cn2nnnc2N)c(Br)cc1O. The Morgan fingerprint density at radius 1 is 1.61 bits per heavy atom. The number of nitrogens with zero attached hydrogens (tertiary/aromatic N) is 5. The third-order valence-corrected chi connectivity index (χ3v) is 3.31. The van der Waals surface area contributed by atoms with Crippen LogP contribution in [0.5, 0.6) is 11.5 Å². The molecular formula is C12H14BrN7O3. The second-order valence-corrected chi connectivity index (χ2v) is 5.12. The van der Waals surface area contributed by atoms with Crippen molar-refractivity contribution in [3.63, 3.8) is 0 Å². The van der Waals surface area contributed by atoms with Crippen LogP contribution in [0.4, 0.5) is 5.95 Å². The highest BCUT2D eigenvalue weighted by Gasteiger charge is 2.08. The van der Waals surface area contributed by atoms with E-state index in [1.807, 2.05) is 0 Å². The minimum Gasteiger partial charge on any atom is -0.504 e. The molecular weight excluding hydrogens is 370 g/mol. The van der Waals surface area contributed by atoms with Crippen LogP contribution < -0.4 is 15.9 Å². The number of benzene rings is 1. The van der Waals surface area contributed by atoms with Gasteiger partial charge in [0.15, 0.2) is 11.5 Å². The Morgan fingerprint density at radius 2 is 2.39 bits per heavy atom. The highest BCUT2D eigenvalue weighted by Crippen LogP contribution is 2.31. The van der Waals surface area contributed by atoms with Crippen LogP contribution in [0.1, 0.15) is 12.5 Å². The number of nitrogen functional groups attached to an aromatic ring is 1. The Hall–Kier alpha value is -2.69. The van der Waals surface area contributed by atoms with Gasteiger partial charge in [-0.05, 0) is 45.4 Å². The van der Waals surface area contributed by atoms with Gasteiger partial charge in [0, 0.05) is 10.0 Å². The minimum absolute atomic E-state index is 0.00840. The van der Waals surface area contributed by atoms with Crippen LogP contribution in [-0.2, 0) is 11.3 Å². The summed E-state index contributed by atoms with van der Waals surface area (Å²) in [5, 5.41) is 23.9. The van der Waals surface area contributed by atoms with Crippen molar-refractivity contribution >= 4 is 34.0 Å². The first kappa shape index (κ1) is 16.7. The van der Waals surface area contributed by atoms with E-state index in [2.05, 4.69) is 42.0 Å². The normalized spacial score (nSPS) is 10.9. The zero-order valence-electron chi connectivity index (χ0n) is 12.1. The number of tetrazole rings is 1. The van der Waals surface area contributed by atoms with Crippen LogP contribution in [-0.4, -0.2) is 44.0 Å². The van der Waals surface area contributed by atoms with E-state index in [9.17, 15) is 9.90 Å². The number of aromatic nitrogens is 4. The number of anilines is 1. The number of rotatable bonds is 6. The molecule has 0 atom stereocenters. The van der Waals surface area contributed by atoms with Gasteiger partial charge in [0.05, 0.1) is 12.8 Å². The molecule has 1 aromatic carbocycles. The largest absolute Gasteiger partial charge is 0.504 e. The fraction of sp³-hybridized carbons (Fsp3) is 0.250. The van der Waals surface area contributed by atoms with Crippen molar-refractivity contribution in [3.05, 3.63) is 22.2 Å². The van der Waals surface area contributed by atoms with E-state index in [1.165, 1.54) is 12.3 Å². The Bertz CT molecular complexity index is 731. The second kappa shape index (κ2) is 7.54. The van der Waals surface area contributed by atoms with Crippen LogP contribution in [0.15, 0.2) is 21.7 Å². The van der Waals surface area contributed by atoms with Gasteiger partial charge in [-0.2, -0.15) is 5.10 Å². The smallest absolute Gasteiger partial charge is 0.261 e. The summed E-state index contributed by atoms with van der Waals surface area (Å²) < 4.78 is 7.02. The van der Waals surface area contributed by atoms with E-state index in [0.717, 1.165) is 4.68 Å².